The van der Waals surface area contributed by atoms with E-state index < -0.39 is 5.91 Å². The topological polar surface area (TPSA) is 85.9 Å². The van der Waals surface area contributed by atoms with Crippen molar-refractivity contribution in [1.82, 2.24) is 0 Å². The molecule has 0 spiro atoms. The summed E-state index contributed by atoms with van der Waals surface area (Å²) in [6.07, 6.45) is 0.475. The lowest BCUT2D eigenvalue weighted by Gasteiger charge is -2.14. The summed E-state index contributed by atoms with van der Waals surface area (Å²) in [6.45, 7) is 2.00. The van der Waals surface area contributed by atoms with Gasteiger partial charge in [-0.3, -0.25) is 9.59 Å². The van der Waals surface area contributed by atoms with Gasteiger partial charge in [-0.1, -0.05) is 25.1 Å². The van der Waals surface area contributed by atoms with E-state index in [0.29, 0.717) is 28.6 Å². The summed E-state index contributed by atoms with van der Waals surface area (Å²) in [6, 6.07) is 10.7. The maximum Gasteiger partial charge on any atom is 0.233 e. The number of aryl methyl sites for hydroxylation is 1. The molecule has 0 bridgehead atoms. The lowest BCUT2D eigenvalue weighted by atomic mass is 10.1. The van der Waals surface area contributed by atoms with Crippen LogP contribution in [0.1, 0.15) is 18.9 Å². The molecule has 27 heavy (non-hydrogen) atoms. The van der Waals surface area contributed by atoms with Gasteiger partial charge in [0.25, 0.3) is 0 Å². The summed E-state index contributed by atoms with van der Waals surface area (Å²) >= 11 is 0. The number of anilines is 2. The van der Waals surface area contributed by atoms with E-state index in [2.05, 4.69) is 10.6 Å². The predicted octanol–water partition coefficient (Wildman–Crippen LogP) is 3.24. The molecule has 0 aromatic heterocycles. The Bertz CT molecular complexity index is 795. The average Bonchev–Trinajstić information content (AvgIpc) is 2.67. The summed E-state index contributed by atoms with van der Waals surface area (Å²) in [5.41, 5.74) is 2.16. The van der Waals surface area contributed by atoms with Crippen molar-refractivity contribution < 1.29 is 23.8 Å². The number of methoxy groups -OCH3 is 3. The van der Waals surface area contributed by atoms with E-state index in [1.54, 1.807) is 12.1 Å². The number of ether oxygens (including phenoxy) is 3. The minimum absolute atomic E-state index is 0.311. The Morgan fingerprint density at radius 2 is 1.48 bits per heavy atom. The molecule has 0 aliphatic heterocycles. The molecule has 0 fully saturated rings. The van der Waals surface area contributed by atoms with Crippen LogP contribution in [0.2, 0.25) is 0 Å². The third-order valence-electron chi connectivity index (χ3n) is 3.94. The van der Waals surface area contributed by atoms with Crippen molar-refractivity contribution in [3.8, 4) is 17.2 Å². The SMILES string of the molecule is CCc1ccccc1NC(=O)CC(=O)Nc1cc(OC)c(OC)c(OC)c1. The smallest absolute Gasteiger partial charge is 0.233 e. The van der Waals surface area contributed by atoms with Gasteiger partial charge in [-0.05, 0) is 18.1 Å². The molecular formula is C20H24N2O5. The van der Waals surface area contributed by atoms with Crippen LogP contribution in [0.5, 0.6) is 17.2 Å². The minimum atomic E-state index is -0.448. The molecule has 0 atom stereocenters. The number of nitrogens with one attached hydrogen (secondary N) is 2. The first kappa shape index (κ1) is 20.1. The average molecular weight is 372 g/mol. The fraction of sp³-hybridized carbons (Fsp3) is 0.300. The second kappa shape index (κ2) is 9.47. The van der Waals surface area contributed by atoms with Crippen molar-refractivity contribution in [1.29, 1.82) is 0 Å². The van der Waals surface area contributed by atoms with Gasteiger partial charge < -0.3 is 24.8 Å². The highest BCUT2D eigenvalue weighted by atomic mass is 16.5. The quantitative estimate of drug-likeness (QED) is 0.695. The summed E-state index contributed by atoms with van der Waals surface area (Å²) < 4.78 is 15.7. The zero-order valence-corrected chi connectivity index (χ0v) is 15.9. The molecule has 7 nitrogen and oxygen atoms in total. The number of carbonyl (C=O) groups is 2. The molecule has 2 aromatic rings. The van der Waals surface area contributed by atoms with E-state index in [9.17, 15) is 9.59 Å². The fourth-order valence-corrected chi connectivity index (χ4v) is 2.65. The normalized spacial score (nSPS) is 10.1. The highest BCUT2D eigenvalue weighted by molar-refractivity contribution is 6.08. The Morgan fingerprint density at radius 3 is 2.04 bits per heavy atom. The van der Waals surface area contributed by atoms with Crippen LogP contribution < -0.4 is 24.8 Å². The standard InChI is InChI=1S/C20H24N2O5/c1-5-13-8-6-7-9-15(13)22-19(24)12-18(23)21-14-10-16(25-2)20(27-4)17(11-14)26-3/h6-11H,5,12H2,1-4H3,(H,21,23)(H,22,24). The van der Waals surface area contributed by atoms with Crippen molar-refractivity contribution in [2.75, 3.05) is 32.0 Å². The number of rotatable bonds is 8. The minimum Gasteiger partial charge on any atom is -0.493 e. The van der Waals surface area contributed by atoms with Crippen LogP contribution in [0.3, 0.4) is 0 Å². The van der Waals surface area contributed by atoms with Crippen LogP contribution in [0.15, 0.2) is 36.4 Å². The van der Waals surface area contributed by atoms with Crippen LogP contribution in [0, 0.1) is 0 Å². The van der Waals surface area contributed by atoms with Gasteiger partial charge in [0.2, 0.25) is 17.6 Å². The van der Waals surface area contributed by atoms with Crippen LogP contribution >= 0.6 is 0 Å². The molecule has 0 aliphatic carbocycles. The molecule has 0 heterocycles. The maximum absolute atomic E-state index is 12.2. The zero-order chi connectivity index (χ0) is 19.8. The number of carbonyl (C=O) groups excluding carboxylic acids is 2. The molecule has 7 heteroatoms. The molecule has 0 radical (unpaired) electrons. The number of amides is 2. The van der Waals surface area contributed by atoms with E-state index in [-0.39, 0.29) is 12.3 Å². The van der Waals surface area contributed by atoms with Gasteiger partial charge in [0, 0.05) is 23.5 Å². The molecule has 2 rings (SSSR count). The van der Waals surface area contributed by atoms with Gasteiger partial charge in [0.15, 0.2) is 11.5 Å². The molecule has 2 amide bonds. The van der Waals surface area contributed by atoms with Crippen LogP contribution in [-0.2, 0) is 16.0 Å². The van der Waals surface area contributed by atoms with Crippen molar-refractivity contribution in [3.05, 3.63) is 42.0 Å². The number of hydrogen-bond donors (Lipinski definition) is 2. The highest BCUT2D eigenvalue weighted by Gasteiger charge is 2.16. The first-order chi connectivity index (χ1) is 13.0. The molecule has 0 unspecified atom stereocenters. The van der Waals surface area contributed by atoms with Gasteiger partial charge in [-0.15, -0.1) is 0 Å². The first-order valence-electron chi connectivity index (χ1n) is 8.50. The maximum atomic E-state index is 12.2. The molecule has 0 saturated heterocycles. The Labute approximate surface area is 158 Å². The van der Waals surface area contributed by atoms with E-state index in [1.165, 1.54) is 21.3 Å². The Hall–Kier alpha value is -3.22. The van der Waals surface area contributed by atoms with Gasteiger partial charge in [-0.25, -0.2) is 0 Å². The number of hydrogen-bond acceptors (Lipinski definition) is 5. The monoisotopic (exact) mass is 372 g/mol. The zero-order valence-electron chi connectivity index (χ0n) is 15.9. The lowest BCUT2D eigenvalue weighted by molar-refractivity contribution is -0.123. The Balaban J connectivity index is 2.06. The van der Waals surface area contributed by atoms with Gasteiger partial charge in [-0.2, -0.15) is 0 Å². The fourth-order valence-electron chi connectivity index (χ4n) is 2.65. The van der Waals surface area contributed by atoms with Gasteiger partial charge in [0.1, 0.15) is 6.42 Å². The predicted molar refractivity (Wildman–Crippen MR) is 104 cm³/mol. The third kappa shape index (κ3) is 5.13. The van der Waals surface area contributed by atoms with Gasteiger partial charge in [0.05, 0.1) is 21.3 Å². The van der Waals surface area contributed by atoms with E-state index in [4.69, 9.17) is 14.2 Å². The molecule has 0 aliphatic rings. The molecular weight excluding hydrogens is 348 g/mol. The van der Waals surface area contributed by atoms with Crippen molar-refractivity contribution in [2.45, 2.75) is 19.8 Å². The first-order valence-corrected chi connectivity index (χ1v) is 8.50. The van der Waals surface area contributed by atoms with Crippen molar-refractivity contribution in [2.24, 2.45) is 0 Å². The van der Waals surface area contributed by atoms with E-state index in [0.717, 1.165) is 12.0 Å². The highest BCUT2D eigenvalue weighted by Crippen LogP contribution is 2.39. The Kier molecular flexibility index (Phi) is 7.05. The van der Waals surface area contributed by atoms with Crippen LogP contribution in [0.4, 0.5) is 11.4 Å². The summed E-state index contributed by atoms with van der Waals surface area (Å²) in [5, 5.41) is 5.44. The van der Waals surface area contributed by atoms with E-state index in [1.807, 2.05) is 31.2 Å². The number of para-hydroxylation sites is 1. The second-order valence-corrected chi connectivity index (χ2v) is 5.70. The summed E-state index contributed by atoms with van der Waals surface area (Å²) in [5.74, 6) is 0.408. The Morgan fingerprint density at radius 1 is 0.889 bits per heavy atom. The van der Waals surface area contributed by atoms with Crippen LogP contribution in [0.25, 0.3) is 0 Å². The van der Waals surface area contributed by atoms with Crippen molar-refractivity contribution in [3.63, 3.8) is 0 Å². The van der Waals surface area contributed by atoms with E-state index >= 15 is 0 Å². The molecule has 2 aromatic carbocycles. The lowest BCUT2D eigenvalue weighted by Crippen LogP contribution is -2.22. The number of benzene rings is 2. The van der Waals surface area contributed by atoms with Gasteiger partial charge >= 0.3 is 0 Å². The molecule has 2 N–H and O–H groups in total. The van der Waals surface area contributed by atoms with Crippen molar-refractivity contribution >= 4 is 23.2 Å². The molecule has 144 valence electrons. The summed E-state index contributed by atoms with van der Waals surface area (Å²) in [7, 11) is 4.47. The third-order valence-corrected chi connectivity index (χ3v) is 3.94. The summed E-state index contributed by atoms with van der Waals surface area (Å²) in [4.78, 5) is 24.4. The second-order valence-electron chi connectivity index (χ2n) is 5.70. The van der Waals surface area contributed by atoms with Crippen LogP contribution in [-0.4, -0.2) is 33.1 Å². The molecule has 0 saturated carbocycles. The largest absolute Gasteiger partial charge is 0.493 e.